The van der Waals surface area contributed by atoms with Crippen molar-refractivity contribution in [3.8, 4) is 0 Å². The van der Waals surface area contributed by atoms with Crippen LogP contribution in [0.15, 0.2) is 23.2 Å². The first-order valence-electron chi connectivity index (χ1n) is 5.69. The van der Waals surface area contributed by atoms with Crippen molar-refractivity contribution in [2.24, 2.45) is 10.4 Å². The van der Waals surface area contributed by atoms with Crippen LogP contribution in [0, 0.1) is 11.2 Å². The third-order valence-electron chi connectivity index (χ3n) is 3.65. The normalized spacial score (nSPS) is 25.4. The topological polar surface area (TPSA) is 24.4 Å². The molecule has 1 aromatic rings. The number of anilines is 1. The third-order valence-corrected chi connectivity index (χ3v) is 3.65. The summed E-state index contributed by atoms with van der Waals surface area (Å²) >= 11 is 0. The van der Waals surface area contributed by atoms with Crippen molar-refractivity contribution < 1.29 is 4.39 Å². The molecule has 0 aromatic heterocycles. The Kier molecular flexibility index (Phi) is 1.88. The molecule has 16 heavy (non-hydrogen) atoms. The van der Waals surface area contributed by atoms with Gasteiger partial charge in [-0.3, -0.25) is 4.99 Å². The summed E-state index contributed by atoms with van der Waals surface area (Å²) in [6.45, 7) is 4.19. The molecule has 1 N–H and O–H groups in total. The Balaban J connectivity index is 2.09. The number of rotatable bonds is 1. The third kappa shape index (κ3) is 1.42. The van der Waals surface area contributed by atoms with Crippen LogP contribution >= 0.6 is 0 Å². The van der Waals surface area contributed by atoms with Gasteiger partial charge in [0.15, 0.2) is 0 Å². The summed E-state index contributed by atoms with van der Waals surface area (Å²) in [5, 5.41) is 3.14. The number of nitrogens with zero attached hydrogens (tertiary/aromatic N) is 1. The molecule has 1 atom stereocenters. The lowest BCUT2D eigenvalue weighted by atomic mass is 9.90. The van der Waals surface area contributed by atoms with Crippen LogP contribution in [0.4, 0.5) is 10.1 Å². The molecule has 0 spiro atoms. The van der Waals surface area contributed by atoms with E-state index < -0.39 is 0 Å². The molecule has 0 saturated heterocycles. The Morgan fingerprint density at radius 2 is 2.19 bits per heavy atom. The quantitative estimate of drug-likeness (QED) is 0.766. The molecule has 84 valence electrons. The summed E-state index contributed by atoms with van der Waals surface area (Å²) < 4.78 is 13.2. The van der Waals surface area contributed by atoms with Crippen LogP contribution in [0.2, 0.25) is 0 Å². The van der Waals surface area contributed by atoms with Gasteiger partial charge in [0.25, 0.3) is 0 Å². The first-order chi connectivity index (χ1) is 7.58. The second-order valence-corrected chi connectivity index (χ2v) is 5.13. The lowest BCUT2D eigenvalue weighted by Crippen LogP contribution is -2.22. The highest BCUT2D eigenvalue weighted by molar-refractivity contribution is 5.96. The SMILES string of the molecule is CC1=NC(C2(C)CC2)c2ccc(F)cc2N1. The van der Waals surface area contributed by atoms with Crippen LogP contribution in [0.3, 0.4) is 0 Å². The zero-order valence-electron chi connectivity index (χ0n) is 9.55. The zero-order valence-corrected chi connectivity index (χ0v) is 9.55. The molecule has 0 radical (unpaired) electrons. The highest BCUT2D eigenvalue weighted by atomic mass is 19.1. The van der Waals surface area contributed by atoms with Crippen molar-refractivity contribution in [2.45, 2.75) is 32.7 Å². The molecule has 1 heterocycles. The second-order valence-electron chi connectivity index (χ2n) is 5.13. The van der Waals surface area contributed by atoms with Crippen molar-refractivity contribution in [3.63, 3.8) is 0 Å². The van der Waals surface area contributed by atoms with E-state index in [0.29, 0.717) is 0 Å². The van der Waals surface area contributed by atoms with Crippen LogP contribution in [-0.2, 0) is 0 Å². The van der Waals surface area contributed by atoms with Gasteiger partial charge in [0.1, 0.15) is 5.82 Å². The van der Waals surface area contributed by atoms with E-state index in [9.17, 15) is 4.39 Å². The molecule has 3 rings (SSSR count). The van der Waals surface area contributed by atoms with Crippen molar-refractivity contribution in [1.29, 1.82) is 0 Å². The molecule has 2 nitrogen and oxygen atoms in total. The van der Waals surface area contributed by atoms with Crippen LogP contribution in [0.1, 0.15) is 38.3 Å². The lowest BCUT2D eigenvalue weighted by Gasteiger charge is -2.28. The van der Waals surface area contributed by atoms with E-state index in [0.717, 1.165) is 17.1 Å². The minimum absolute atomic E-state index is 0.194. The molecule has 0 amide bonds. The summed E-state index contributed by atoms with van der Waals surface area (Å²) in [4.78, 5) is 4.67. The maximum absolute atomic E-state index is 13.2. The summed E-state index contributed by atoms with van der Waals surface area (Å²) in [5.41, 5.74) is 2.30. The standard InChI is InChI=1S/C13H15FN2/c1-8-15-11-7-9(14)3-4-10(11)12(16-8)13(2)5-6-13/h3-4,7,12H,5-6H2,1-2H3,(H,15,16). The molecule has 2 aliphatic rings. The number of nitrogens with one attached hydrogen (secondary N) is 1. The number of aliphatic imine (C=N–C) groups is 1. The van der Waals surface area contributed by atoms with E-state index in [2.05, 4.69) is 17.2 Å². The summed E-state index contributed by atoms with van der Waals surface area (Å²) in [7, 11) is 0. The maximum Gasteiger partial charge on any atom is 0.125 e. The molecular weight excluding hydrogens is 203 g/mol. The number of halogens is 1. The molecule has 1 fully saturated rings. The van der Waals surface area contributed by atoms with Crippen LogP contribution < -0.4 is 5.32 Å². The van der Waals surface area contributed by atoms with Crippen molar-refractivity contribution in [1.82, 2.24) is 0 Å². The van der Waals surface area contributed by atoms with E-state index in [1.807, 2.05) is 13.0 Å². The number of amidine groups is 1. The van der Waals surface area contributed by atoms with Crippen molar-refractivity contribution in [2.75, 3.05) is 5.32 Å². The van der Waals surface area contributed by atoms with E-state index in [1.54, 1.807) is 6.07 Å². The summed E-state index contributed by atoms with van der Waals surface area (Å²) in [6.07, 6.45) is 2.43. The fourth-order valence-electron chi connectivity index (χ4n) is 2.37. The van der Waals surface area contributed by atoms with Gasteiger partial charge < -0.3 is 5.32 Å². The van der Waals surface area contributed by atoms with Gasteiger partial charge in [-0.1, -0.05) is 13.0 Å². The average Bonchev–Trinajstić information content (AvgIpc) is 2.96. The van der Waals surface area contributed by atoms with Gasteiger partial charge in [-0.15, -0.1) is 0 Å². The minimum atomic E-state index is -0.194. The number of fused-ring (bicyclic) bond motifs is 1. The van der Waals surface area contributed by atoms with E-state index in [1.165, 1.54) is 18.9 Å². The fourth-order valence-corrected chi connectivity index (χ4v) is 2.37. The fraction of sp³-hybridized carbons (Fsp3) is 0.462. The lowest BCUT2D eigenvalue weighted by molar-refractivity contribution is 0.451. The molecule has 3 heteroatoms. The Bertz CT molecular complexity index is 475. The van der Waals surface area contributed by atoms with Gasteiger partial charge in [0, 0.05) is 11.3 Å². The summed E-state index contributed by atoms with van der Waals surface area (Å²) in [6, 6.07) is 5.15. The largest absolute Gasteiger partial charge is 0.344 e. The first kappa shape index (κ1) is 9.82. The minimum Gasteiger partial charge on any atom is -0.344 e. The van der Waals surface area contributed by atoms with Gasteiger partial charge >= 0.3 is 0 Å². The molecule has 1 aliphatic carbocycles. The first-order valence-corrected chi connectivity index (χ1v) is 5.69. The van der Waals surface area contributed by atoms with Gasteiger partial charge in [-0.2, -0.15) is 0 Å². The Morgan fingerprint density at radius 1 is 1.44 bits per heavy atom. The predicted molar refractivity (Wildman–Crippen MR) is 63.2 cm³/mol. The predicted octanol–water partition coefficient (Wildman–Crippen LogP) is 3.51. The highest BCUT2D eigenvalue weighted by Gasteiger charge is 2.47. The van der Waals surface area contributed by atoms with E-state index in [4.69, 9.17) is 0 Å². The monoisotopic (exact) mass is 218 g/mol. The van der Waals surface area contributed by atoms with Crippen LogP contribution in [0.5, 0.6) is 0 Å². The zero-order chi connectivity index (χ0) is 11.3. The van der Waals surface area contributed by atoms with Gasteiger partial charge in [-0.25, -0.2) is 4.39 Å². The average molecular weight is 218 g/mol. The highest BCUT2D eigenvalue weighted by Crippen LogP contribution is 2.58. The smallest absolute Gasteiger partial charge is 0.125 e. The molecule has 1 aromatic carbocycles. The summed E-state index contributed by atoms with van der Waals surface area (Å²) in [5.74, 6) is 0.692. The number of hydrogen-bond donors (Lipinski definition) is 1. The molecule has 0 bridgehead atoms. The van der Waals surface area contributed by atoms with Gasteiger partial charge in [0.2, 0.25) is 0 Å². The molecule has 1 aliphatic heterocycles. The Morgan fingerprint density at radius 3 is 2.88 bits per heavy atom. The molecule has 1 saturated carbocycles. The number of hydrogen-bond acceptors (Lipinski definition) is 2. The second kappa shape index (κ2) is 3.06. The van der Waals surface area contributed by atoms with Crippen molar-refractivity contribution in [3.05, 3.63) is 29.6 Å². The van der Waals surface area contributed by atoms with Crippen molar-refractivity contribution >= 4 is 11.5 Å². The van der Waals surface area contributed by atoms with E-state index >= 15 is 0 Å². The molecular formula is C13H15FN2. The van der Waals surface area contributed by atoms with Crippen LogP contribution in [-0.4, -0.2) is 5.84 Å². The van der Waals surface area contributed by atoms with E-state index in [-0.39, 0.29) is 17.3 Å². The Labute approximate surface area is 94.6 Å². The molecule has 1 unspecified atom stereocenters. The van der Waals surface area contributed by atoms with Gasteiger partial charge in [0.05, 0.1) is 11.9 Å². The van der Waals surface area contributed by atoms with Crippen LogP contribution in [0.25, 0.3) is 0 Å². The van der Waals surface area contributed by atoms with Gasteiger partial charge in [-0.05, 0) is 37.3 Å². The number of benzene rings is 1. The Hall–Kier alpha value is -1.38. The maximum atomic E-state index is 13.2.